The Kier molecular flexibility index (Phi) is 4.52. The average Bonchev–Trinajstić information content (AvgIpc) is 2.59. The molecule has 0 fully saturated rings. The van der Waals surface area contributed by atoms with Gasteiger partial charge in [-0.2, -0.15) is 0 Å². The summed E-state index contributed by atoms with van der Waals surface area (Å²) in [6.07, 6.45) is 0. The first-order valence-electron chi connectivity index (χ1n) is 7.15. The van der Waals surface area contributed by atoms with Crippen molar-refractivity contribution in [1.29, 1.82) is 0 Å². The van der Waals surface area contributed by atoms with Gasteiger partial charge in [0.05, 0.1) is 4.92 Å². The molecule has 1 N–H and O–H groups in total. The minimum atomic E-state index is -0.634. The zero-order chi connectivity index (χ0) is 17.1. The first-order valence-corrected chi connectivity index (χ1v) is 7.53. The number of carbonyl (C=O) groups excluding carboxylic acids is 1. The predicted octanol–water partition coefficient (Wildman–Crippen LogP) is 2.95. The van der Waals surface area contributed by atoms with Gasteiger partial charge in [-0.15, -0.1) is 0 Å². The quantitative estimate of drug-likeness (QED) is 0.677. The van der Waals surface area contributed by atoms with E-state index in [4.69, 9.17) is 21.1 Å². The molecule has 0 spiro atoms. The number of fused-ring (bicyclic) bond motifs is 1. The molecule has 0 aromatic heterocycles. The Morgan fingerprint density at radius 3 is 2.67 bits per heavy atom. The van der Waals surface area contributed by atoms with Gasteiger partial charge >= 0.3 is 0 Å². The summed E-state index contributed by atoms with van der Waals surface area (Å²) in [4.78, 5) is 22.6. The van der Waals surface area contributed by atoms with Crippen LogP contribution in [0.1, 0.15) is 15.9 Å². The zero-order valence-electron chi connectivity index (χ0n) is 12.5. The van der Waals surface area contributed by atoms with Crippen LogP contribution in [-0.2, 0) is 6.54 Å². The summed E-state index contributed by atoms with van der Waals surface area (Å²) in [5.74, 6) is 0.725. The summed E-state index contributed by atoms with van der Waals surface area (Å²) in [6.45, 7) is 1.18. The van der Waals surface area contributed by atoms with Gasteiger partial charge in [-0.3, -0.25) is 14.9 Å². The van der Waals surface area contributed by atoms with E-state index in [9.17, 15) is 14.9 Å². The Balaban J connectivity index is 1.73. The number of nitro benzene ring substituents is 1. The Labute approximate surface area is 142 Å². The van der Waals surface area contributed by atoms with Gasteiger partial charge in [-0.05, 0) is 29.8 Å². The van der Waals surface area contributed by atoms with Crippen LogP contribution in [0, 0.1) is 10.1 Å². The van der Waals surface area contributed by atoms with Gasteiger partial charge in [0, 0.05) is 17.6 Å². The van der Waals surface area contributed by atoms with Crippen LogP contribution in [0.3, 0.4) is 0 Å². The highest BCUT2D eigenvalue weighted by atomic mass is 35.5. The molecule has 1 aliphatic rings. The number of carbonyl (C=O) groups is 1. The number of halogens is 1. The van der Waals surface area contributed by atoms with Crippen molar-refractivity contribution in [3.63, 3.8) is 0 Å². The van der Waals surface area contributed by atoms with E-state index in [0.29, 0.717) is 24.7 Å². The molecule has 2 aromatic carbocycles. The molecule has 24 heavy (non-hydrogen) atoms. The molecule has 1 amide bonds. The van der Waals surface area contributed by atoms with Crippen LogP contribution in [-0.4, -0.2) is 24.0 Å². The van der Waals surface area contributed by atoms with Crippen molar-refractivity contribution in [1.82, 2.24) is 5.32 Å². The number of nitro groups is 1. The van der Waals surface area contributed by atoms with Crippen LogP contribution < -0.4 is 14.8 Å². The van der Waals surface area contributed by atoms with Crippen molar-refractivity contribution in [3.05, 3.63) is 62.7 Å². The van der Waals surface area contributed by atoms with Gasteiger partial charge in [-0.1, -0.05) is 17.7 Å². The lowest BCUT2D eigenvalue weighted by atomic mass is 10.1. The van der Waals surface area contributed by atoms with Crippen LogP contribution in [0.2, 0.25) is 5.02 Å². The largest absolute Gasteiger partial charge is 0.486 e. The smallest absolute Gasteiger partial charge is 0.283 e. The Hall–Kier alpha value is -2.80. The molecule has 8 heteroatoms. The predicted molar refractivity (Wildman–Crippen MR) is 86.7 cm³/mol. The molecule has 1 aliphatic heterocycles. The van der Waals surface area contributed by atoms with Crippen LogP contribution in [0.4, 0.5) is 5.69 Å². The molecule has 124 valence electrons. The minimum Gasteiger partial charge on any atom is -0.486 e. The molecular formula is C16H13ClN2O5. The third-order valence-electron chi connectivity index (χ3n) is 3.46. The number of benzene rings is 2. The second kappa shape index (κ2) is 6.76. The van der Waals surface area contributed by atoms with E-state index in [1.165, 1.54) is 12.1 Å². The van der Waals surface area contributed by atoms with Crippen molar-refractivity contribution >= 4 is 23.2 Å². The number of nitrogens with zero attached hydrogens (tertiary/aromatic N) is 1. The highest BCUT2D eigenvalue weighted by molar-refractivity contribution is 6.31. The maximum atomic E-state index is 12.2. The van der Waals surface area contributed by atoms with E-state index in [1.54, 1.807) is 18.2 Å². The number of nitrogens with one attached hydrogen (secondary N) is 1. The van der Waals surface area contributed by atoms with Crippen LogP contribution in [0.25, 0.3) is 0 Å². The number of hydrogen-bond donors (Lipinski definition) is 1. The Morgan fingerprint density at radius 1 is 1.17 bits per heavy atom. The summed E-state index contributed by atoms with van der Waals surface area (Å²) >= 11 is 5.74. The molecule has 0 saturated carbocycles. The number of amides is 1. The zero-order valence-corrected chi connectivity index (χ0v) is 13.2. The van der Waals surface area contributed by atoms with Crippen molar-refractivity contribution in [2.75, 3.05) is 13.2 Å². The summed E-state index contributed by atoms with van der Waals surface area (Å²) in [7, 11) is 0. The number of hydrogen-bond acceptors (Lipinski definition) is 5. The molecule has 0 unspecified atom stereocenters. The number of rotatable bonds is 4. The summed E-state index contributed by atoms with van der Waals surface area (Å²) < 4.78 is 10.9. The molecule has 0 radical (unpaired) electrons. The minimum absolute atomic E-state index is 0.0399. The highest BCUT2D eigenvalue weighted by Gasteiger charge is 2.20. The van der Waals surface area contributed by atoms with Gasteiger partial charge in [0.15, 0.2) is 11.5 Å². The fraction of sp³-hybridized carbons (Fsp3) is 0.188. The Morgan fingerprint density at radius 2 is 1.92 bits per heavy atom. The number of ether oxygens (including phenoxy) is 2. The molecule has 0 atom stereocenters. The lowest BCUT2D eigenvalue weighted by Crippen LogP contribution is -2.24. The fourth-order valence-corrected chi connectivity index (χ4v) is 2.49. The van der Waals surface area contributed by atoms with Gasteiger partial charge in [0.2, 0.25) is 0 Å². The maximum absolute atomic E-state index is 12.2. The molecule has 2 aromatic rings. The summed E-state index contributed by atoms with van der Waals surface area (Å²) in [6, 6.07) is 9.25. The van der Waals surface area contributed by atoms with Crippen LogP contribution in [0.5, 0.6) is 11.5 Å². The maximum Gasteiger partial charge on any atom is 0.283 e. The molecule has 0 bridgehead atoms. The standard InChI is InChI=1S/C16H13ClN2O5/c17-11-2-3-12(13(8-11)19(21)22)16(20)18-9-10-1-4-14-15(7-10)24-6-5-23-14/h1-4,7-8H,5-6,9H2,(H,18,20). The monoisotopic (exact) mass is 348 g/mol. The van der Waals surface area contributed by atoms with Gasteiger partial charge in [0.25, 0.3) is 11.6 Å². The van der Waals surface area contributed by atoms with Gasteiger partial charge < -0.3 is 14.8 Å². The van der Waals surface area contributed by atoms with Crippen molar-refractivity contribution in [3.8, 4) is 11.5 Å². The lowest BCUT2D eigenvalue weighted by Gasteiger charge is -2.19. The fourth-order valence-electron chi connectivity index (χ4n) is 2.32. The van der Waals surface area contributed by atoms with E-state index in [2.05, 4.69) is 5.32 Å². The van der Waals surface area contributed by atoms with Crippen LogP contribution in [0.15, 0.2) is 36.4 Å². The van der Waals surface area contributed by atoms with Gasteiger partial charge in [0.1, 0.15) is 18.8 Å². The molecule has 0 aliphatic carbocycles. The molecule has 1 heterocycles. The topological polar surface area (TPSA) is 90.7 Å². The molecule has 7 nitrogen and oxygen atoms in total. The summed E-state index contributed by atoms with van der Waals surface area (Å²) in [5.41, 5.74) is 0.424. The van der Waals surface area contributed by atoms with Crippen LogP contribution >= 0.6 is 11.6 Å². The van der Waals surface area contributed by atoms with Crippen molar-refractivity contribution < 1.29 is 19.2 Å². The second-order valence-corrected chi connectivity index (χ2v) is 5.52. The molecular weight excluding hydrogens is 336 g/mol. The van der Waals surface area contributed by atoms with Crippen molar-refractivity contribution in [2.24, 2.45) is 0 Å². The lowest BCUT2D eigenvalue weighted by molar-refractivity contribution is -0.385. The van der Waals surface area contributed by atoms with Gasteiger partial charge in [-0.25, -0.2) is 0 Å². The molecule has 3 rings (SSSR count). The average molecular weight is 349 g/mol. The Bertz CT molecular complexity index is 809. The van der Waals surface area contributed by atoms with E-state index >= 15 is 0 Å². The second-order valence-electron chi connectivity index (χ2n) is 5.08. The van der Waals surface area contributed by atoms with E-state index in [1.807, 2.05) is 0 Å². The normalized spacial score (nSPS) is 12.5. The highest BCUT2D eigenvalue weighted by Crippen LogP contribution is 2.30. The third-order valence-corrected chi connectivity index (χ3v) is 3.70. The van der Waals surface area contributed by atoms with E-state index in [-0.39, 0.29) is 22.8 Å². The molecule has 0 saturated heterocycles. The van der Waals surface area contributed by atoms with E-state index < -0.39 is 10.8 Å². The third kappa shape index (κ3) is 3.41. The van der Waals surface area contributed by atoms with Crippen molar-refractivity contribution in [2.45, 2.75) is 6.54 Å². The first-order chi connectivity index (χ1) is 11.5. The first kappa shape index (κ1) is 16.1. The SMILES string of the molecule is O=C(NCc1ccc2c(c1)OCCO2)c1ccc(Cl)cc1[N+](=O)[O-]. The van der Waals surface area contributed by atoms with E-state index in [0.717, 1.165) is 11.6 Å². The summed E-state index contributed by atoms with van der Waals surface area (Å²) in [5, 5.41) is 13.9.